The molecule has 1 fully saturated rings. The quantitative estimate of drug-likeness (QED) is 0.834. The van der Waals surface area contributed by atoms with E-state index in [-0.39, 0.29) is 31.3 Å². The van der Waals surface area contributed by atoms with Gasteiger partial charge in [0.15, 0.2) is 0 Å². The molecule has 138 valence electrons. The summed E-state index contributed by atoms with van der Waals surface area (Å²) in [7, 11) is 1.42. The van der Waals surface area contributed by atoms with Gasteiger partial charge < -0.3 is 14.4 Å². The Bertz CT molecular complexity index is 741. The second-order valence-corrected chi connectivity index (χ2v) is 6.05. The summed E-state index contributed by atoms with van der Waals surface area (Å²) < 4.78 is 38.8. The molecule has 0 bridgehead atoms. The van der Waals surface area contributed by atoms with Gasteiger partial charge in [-0.15, -0.1) is 5.10 Å². The molecule has 1 aliphatic heterocycles. The van der Waals surface area contributed by atoms with Crippen LogP contribution in [0.2, 0.25) is 0 Å². The van der Waals surface area contributed by atoms with Crippen LogP contribution >= 0.6 is 0 Å². The number of carbonyl (C=O) groups is 1. The van der Waals surface area contributed by atoms with Gasteiger partial charge >= 0.3 is 6.09 Å². The van der Waals surface area contributed by atoms with Gasteiger partial charge in [0.2, 0.25) is 5.88 Å². The van der Waals surface area contributed by atoms with Gasteiger partial charge in [0, 0.05) is 25.6 Å². The molecule has 8 heteroatoms. The van der Waals surface area contributed by atoms with Crippen LogP contribution in [0.25, 0.3) is 0 Å². The molecule has 6 nitrogen and oxygen atoms in total. The van der Waals surface area contributed by atoms with Gasteiger partial charge in [-0.1, -0.05) is 30.3 Å². The number of ether oxygens (including phenoxy) is 2. The number of amides is 1. The average Bonchev–Trinajstić information content (AvgIpc) is 2.67. The van der Waals surface area contributed by atoms with E-state index in [1.54, 1.807) is 0 Å². The Kier molecular flexibility index (Phi) is 5.29. The number of nitrogens with zero attached hydrogens (tertiary/aromatic N) is 3. The zero-order valence-electron chi connectivity index (χ0n) is 14.3. The third-order valence-corrected chi connectivity index (χ3v) is 4.32. The Morgan fingerprint density at radius 1 is 1.23 bits per heavy atom. The molecule has 1 aliphatic rings. The minimum absolute atomic E-state index is 0.0687. The van der Waals surface area contributed by atoms with Gasteiger partial charge in [0.05, 0.1) is 18.7 Å². The smallest absolute Gasteiger partial charge is 0.410 e. The molecule has 26 heavy (non-hydrogen) atoms. The second kappa shape index (κ2) is 7.63. The maximum Gasteiger partial charge on any atom is 0.410 e. The van der Waals surface area contributed by atoms with Gasteiger partial charge in [-0.05, 0) is 11.6 Å². The molecule has 1 atom stereocenters. The first-order valence-electron chi connectivity index (χ1n) is 8.20. The largest absolute Gasteiger partial charge is 0.480 e. The normalized spacial score (nSPS) is 19.0. The van der Waals surface area contributed by atoms with Gasteiger partial charge in [-0.3, -0.25) is 0 Å². The lowest BCUT2D eigenvalue weighted by atomic mass is 9.90. The molecular weight excluding hydrogens is 344 g/mol. The van der Waals surface area contributed by atoms with Crippen molar-refractivity contribution in [2.45, 2.75) is 24.9 Å². The molecule has 0 radical (unpaired) electrons. The van der Waals surface area contributed by atoms with Crippen LogP contribution in [0.1, 0.15) is 23.6 Å². The number of hydrogen-bond acceptors (Lipinski definition) is 5. The maximum atomic E-state index is 14.3. The molecule has 0 spiro atoms. The van der Waals surface area contributed by atoms with Crippen molar-refractivity contribution in [2.75, 3.05) is 20.2 Å². The van der Waals surface area contributed by atoms with Crippen molar-refractivity contribution in [3.63, 3.8) is 0 Å². The second-order valence-electron chi connectivity index (χ2n) is 6.05. The predicted octanol–water partition coefficient (Wildman–Crippen LogP) is 3.25. The van der Waals surface area contributed by atoms with E-state index in [0.717, 1.165) is 5.56 Å². The van der Waals surface area contributed by atoms with Crippen molar-refractivity contribution >= 4 is 6.09 Å². The molecule has 1 saturated heterocycles. The average molecular weight is 363 g/mol. The Balaban J connectivity index is 1.67. The van der Waals surface area contributed by atoms with Crippen LogP contribution in [0.15, 0.2) is 42.5 Å². The minimum Gasteiger partial charge on any atom is -0.480 e. The summed E-state index contributed by atoms with van der Waals surface area (Å²) >= 11 is 0. The van der Waals surface area contributed by atoms with E-state index in [9.17, 15) is 13.6 Å². The summed E-state index contributed by atoms with van der Waals surface area (Å²) in [5.41, 5.74) is 0.956. The molecule has 0 N–H and O–H groups in total. The van der Waals surface area contributed by atoms with Crippen LogP contribution < -0.4 is 4.74 Å². The SMILES string of the molecule is COc1ccc(C2CN(C(=O)OCc3ccccc3)CCC2(F)F)nn1. The number of hydrogen-bond donors (Lipinski definition) is 0. The van der Waals surface area contributed by atoms with Gasteiger partial charge in [-0.25, -0.2) is 13.6 Å². The Morgan fingerprint density at radius 2 is 2.00 bits per heavy atom. The molecule has 3 rings (SSSR count). The summed E-state index contributed by atoms with van der Waals surface area (Å²) in [5.74, 6) is -3.97. The molecule has 1 unspecified atom stereocenters. The number of halogens is 2. The van der Waals surface area contributed by atoms with Crippen LogP contribution in [0.5, 0.6) is 5.88 Å². The first-order valence-corrected chi connectivity index (χ1v) is 8.20. The third-order valence-electron chi connectivity index (χ3n) is 4.32. The van der Waals surface area contributed by atoms with Crippen LogP contribution in [-0.2, 0) is 11.3 Å². The predicted molar refractivity (Wildman–Crippen MR) is 89.1 cm³/mol. The van der Waals surface area contributed by atoms with E-state index in [2.05, 4.69) is 10.2 Å². The maximum absolute atomic E-state index is 14.3. The van der Waals surface area contributed by atoms with E-state index < -0.39 is 24.4 Å². The number of piperidine rings is 1. The number of rotatable bonds is 4. The number of benzene rings is 1. The Morgan fingerprint density at radius 3 is 2.65 bits per heavy atom. The first-order chi connectivity index (χ1) is 12.5. The molecule has 0 aliphatic carbocycles. The van der Waals surface area contributed by atoms with Gasteiger partial charge in [0.1, 0.15) is 6.61 Å². The minimum atomic E-state index is -2.97. The number of carbonyl (C=O) groups excluding carboxylic acids is 1. The standard InChI is InChI=1S/C18H19F2N3O3/c1-25-16-8-7-15(21-22-16)14-11-23(10-9-18(14,19)20)17(24)26-12-13-5-3-2-4-6-13/h2-8,14H,9-12H2,1H3. The zero-order chi connectivity index (χ0) is 18.6. The van der Waals surface area contributed by atoms with Crippen LogP contribution in [-0.4, -0.2) is 47.3 Å². The van der Waals surface area contributed by atoms with E-state index in [4.69, 9.17) is 9.47 Å². The number of aromatic nitrogens is 2. The fraction of sp³-hybridized carbons (Fsp3) is 0.389. The molecule has 1 aromatic heterocycles. The lowest BCUT2D eigenvalue weighted by molar-refractivity contribution is -0.0741. The lowest BCUT2D eigenvalue weighted by Crippen LogP contribution is -2.48. The van der Waals surface area contributed by atoms with E-state index in [0.29, 0.717) is 0 Å². The highest BCUT2D eigenvalue weighted by atomic mass is 19.3. The number of alkyl halides is 2. The summed E-state index contributed by atoms with van der Waals surface area (Å²) in [6.45, 7) is -0.151. The van der Waals surface area contributed by atoms with Gasteiger partial charge in [0.25, 0.3) is 5.92 Å². The molecule has 2 aromatic rings. The van der Waals surface area contributed by atoms with Crippen LogP contribution in [0.4, 0.5) is 13.6 Å². The van der Waals surface area contributed by atoms with Crippen molar-refractivity contribution in [3.05, 3.63) is 53.7 Å². The van der Waals surface area contributed by atoms with Crippen molar-refractivity contribution in [2.24, 2.45) is 0 Å². The van der Waals surface area contributed by atoms with E-state index in [1.807, 2.05) is 30.3 Å². The van der Waals surface area contributed by atoms with Gasteiger partial charge in [-0.2, -0.15) is 5.10 Å². The summed E-state index contributed by atoms with van der Waals surface area (Å²) in [6.07, 6.45) is -1.07. The Hall–Kier alpha value is -2.77. The highest BCUT2D eigenvalue weighted by molar-refractivity contribution is 5.68. The zero-order valence-corrected chi connectivity index (χ0v) is 14.3. The third kappa shape index (κ3) is 4.07. The summed E-state index contributed by atoms with van der Waals surface area (Å²) in [4.78, 5) is 13.6. The van der Waals surface area contributed by atoms with E-state index >= 15 is 0 Å². The van der Waals surface area contributed by atoms with Crippen molar-refractivity contribution in [3.8, 4) is 5.88 Å². The fourth-order valence-corrected chi connectivity index (χ4v) is 2.81. The Labute approximate surface area is 149 Å². The number of methoxy groups -OCH3 is 1. The highest BCUT2D eigenvalue weighted by Gasteiger charge is 2.47. The van der Waals surface area contributed by atoms with E-state index in [1.165, 1.54) is 24.1 Å². The van der Waals surface area contributed by atoms with Crippen molar-refractivity contribution < 1.29 is 23.0 Å². The summed E-state index contributed by atoms with van der Waals surface area (Å²) in [5, 5.41) is 7.57. The lowest BCUT2D eigenvalue weighted by Gasteiger charge is -2.37. The molecule has 1 amide bonds. The molecule has 0 saturated carbocycles. The first kappa shape index (κ1) is 18.0. The fourth-order valence-electron chi connectivity index (χ4n) is 2.81. The molecular formula is C18H19F2N3O3. The molecule has 1 aromatic carbocycles. The monoisotopic (exact) mass is 363 g/mol. The molecule has 2 heterocycles. The van der Waals surface area contributed by atoms with Crippen LogP contribution in [0.3, 0.4) is 0 Å². The van der Waals surface area contributed by atoms with Crippen molar-refractivity contribution in [1.82, 2.24) is 15.1 Å². The van der Waals surface area contributed by atoms with Crippen molar-refractivity contribution in [1.29, 1.82) is 0 Å². The summed E-state index contributed by atoms with van der Waals surface area (Å²) in [6, 6.07) is 12.1. The number of likely N-dealkylation sites (tertiary alicyclic amines) is 1. The highest BCUT2D eigenvalue weighted by Crippen LogP contribution is 2.39. The van der Waals surface area contributed by atoms with Crippen LogP contribution in [0, 0.1) is 0 Å². The topological polar surface area (TPSA) is 64.5 Å².